The number of thiophene rings is 1. The maximum atomic E-state index is 13.0. The van der Waals surface area contributed by atoms with Gasteiger partial charge in [-0.15, -0.1) is 11.3 Å². The average Bonchev–Trinajstić information content (AvgIpc) is 3.22. The minimum Gasteiger partial charge on any atom is -0.276 e. The van der Waals surface area contributed by atoms with Gasteiger partial charge in [0.25, 0.3) is 10.0 Å². The van der Waals surface area contributed by atoms with Crippen LogP contribution in [0.1, 0.15) is 22.6 Å². The molecule has 0 spiro atoms. The second kappa shape index (κ2) is 6.25. The lowest BCUT2D eigenvalue weighted by Gasteiger charge is -2.33. The Labute approximate surface area is 155 Å². The number of hydrogen-bond donors (Lipinski definition) is 0. The molecule has 4 rings (SSSR count). The van der Waals surface area contributed by atoms with Crippen LogP contribution in [0.15, 0.2) is 53.0 Å². The van der Waals surface area contributed by atoms with Crippen LogP contribution in [0, 0.1) is 0 Å². The van der Waals surface area contributed by atoms with Crippen LogP contribution in [0.5, 0.6) is 0 Å². The summed E-state index contributed by atoms with van der Waals surface area (Å²) in [6.45, 7) is 0.755. The Bertz CT molecular complexity index is 1030. The summed E-state index contributed by atoms with van der Waals surface area (Å²) >= 11 is 7.03. The third kappa shape index (κ3) is 3.01. The van der Waals surface area contributed by atoms with E-state index in [-0.39, 0.29) is 10.1 Å². The molecule has 2 aromatic heterocycles. The summed E-state index contributed by atoms with van der Waals surface area (Å²) in [7, 11) is -1.72. The number of halogens is 1. The van der Waals surface area contributed by atoms with E-state index in [0.717, 1.165) is 28.0 Å². The predicted molar refractivity (Wildman–Crippen MR) is 98.4 cm³/mol. The average molecular weight is 394 g/mol. The highest BCUT2D eigenvalue weighted by Gasteiger charge is 2.35. The van der Waals surface area contributed by atoms with Crippen LogP contribution in [0.25, 0.3) is 0 Å². The van der Waals surface area contributed by atoms with Crippen LogP contribution >= 0.6 is 22.9 Å². The number of aromatic nitrogens is 2. The van der Waals surface area contributed by atoms with E-state index < -0.39 is 10.0 Å². The zero-order chi connectivity index (χ0) is 17.6. The SMILES string of the molecule is Cn1cc([C@@H]2CN(S(=O)(=O)c3ccc(Cl)s3)Cc3ccccc32)cn1. The lowest BCUT2D eigenvalue weighted by atomic mass is 9.87. The second-order valence-corrected chi connectivity index (χ2v) is 9.93. The number of benzene rings is 1. The Kier molecular flexibility index (Phi) is 4.19. The van der Waals surface area contributed by atoms with Crippen molar-refractivity contribution < 1.29 is 8.42 Å². The summed E-state index contributed by atoms with van der Waals surface area (Å²) in [5.41, 5.74) is 3.19. The van der Waals surface area contributed by atoms with E-state index in [1.54, 1.807) is 23.0 Å². The molecule has 0 N–H and O–H groups in total. The van der Waals surface area contributed by atoms with Gasteiger partial charge in [-0.3, -0.25) is 4.68 Å². The summed E-state index contributed by atoms with van der Waals surface area (Å²) in [6, 6.07) is 11.2. The maximum absolute atomic E-state index is 13.0. The molecule has 0 bridgehead atoms. The number of aryl methyl sites for hydroxylation is 1. The van der Waals surface area contributed by atoms with Crippen molar-refractivity contribution in [1.29, 1.82) is 0 Å². The molecule has 0 amide bonds. The third-order valence-electron chi connectivity index (χ3n) is 4.43. The Morgan fingerprint density at radius 1 is 1.24 bits per heavy atom. The van der Waals surface area contributed by atoms with Crippen molar-refractivity contribution in [3.8, 4) is 0 Å². The molecule has 5 nitrogen and oxygen atoms in total. The second-order valence-electron chi connectivity index (χ2n) is 6.05. The van der Waals surface area contributed by atoms with Crippen LogP contribution in [0.4, 0.5) is 0 Å². The Hall–Kier alpha value is -1.67. The van der Waals surface area contributed by atoms with Crippen LogP contribution < -0.4 is 0 Å². The van der Waals surface area contributed by atoms with Crippen molar-refractivity contribution in [3.05, 3.63) is 69.8 Å². The van der Waals surface area contributed by atoms with Gasteiger partial charge in [-0.25, -0.2) is 8.42 Å². The van der Waals surface area contributed by atoms with Crippen LogP contribution in [-0.2, 0) is 23.6 Å². The fraction of sp³-hybridized carbons (Fsp3) is 0.235. The summed E-state index contributed by atoms with van der Waals surface area (Å²) in [5.74, 6) is -0.0381. The first-order chi connectivity index (χ1) is 11.9. The molecule has 25 heavy (non-hydrogen) atoms. The molecule has 3 heterocycles. The molecular weight excluding hydrogens is 378 g/mol. The standard InChI is InChI=1S/C17H16ClN3O2S2/c1-20-9-13(8-19-20)15-11-21(10-12-4-2-3-5-14(12)15)25(22,23)17-7-6-16(18)24-17/h2-9,15H,10-11H2,1H3/t15-/m0/s1. The smallest absolute Gasteiger partial charge is 0.252 e. The van der Waals surface area contributed by atoms with Crippen molar-refractivity contribution in [1.82, 2.24) is 14.1 Å². The molecular formula is C17H16ClN3O2S2. The minimum atomic E-state index is -3.58. The van der Waals surface area contributed by atoms with E-state index >= 15 is 0 Å². The van der Waals surface area contributed by atoms with Crippen molar-refractivity contribution >= 4 is 33.0 Å². The van der Waals surface area contributed by atoms with Gasteiger partial charge in [0.15, 0.2) is 0 Å². The molecule has 0 aliphatic carbocycles. The molecule has 8 heteroatoms. The van der Waals surface area contributed by atoms with Gasteiger partial charge in [0.05, 0.1) is 10.5 Å². The van der Waals surface area contributed by atoms with Crippen LogP contribution in [0.2, 0.25) is 4.34 Å². The van der Waals surface area contributed by atoms with Gasteiger partial charge in [0, 0.05) is 32.3 Å². The quantitative estimate of drug-likeness (QED) is 0.684. The molecule has 1 aromatic carbocycles. The molecule has 0 unspecified atom stereocenters. The van der Waals surface area contributed by atoms with Gasteiger partial charge in [-0.1, -0.05) is 35.9 Å². The monoisotopic (exact) mass is 393 g/mol. The van der Waals surface area contributed by atoms with Crippen molar-refractivity contribution in [2.75, 3.05) is 6.54 Å². The summed E-state index contributed by atoms with van der Waals surface area (Å²) in [4.78, 5) is 0. The van der Waals surface area contributed by atoms with E-state index in [2.05, 4.69) is 11.2 Å². The van der Waals surface area contributed by atoms with Crippen molar-refractivity contribution in [3.63, 3.8) is 0 Å². The van der Waals surface area contributed by atoms with Crippen LogP contribution in [-0.4, -0.2) is 29.0 Å². The number of fused-ring (bicyclic) bond motifs is 1. The lowest BCUT2D eigenvalue weighted by Crippen LogP contribution is -2.38. The number of sulfonamides is 1. The first-order valence-corrected chi connectivity index (χ1v) is 10.4. The first kappa shape index (κ1) is 16.8. The highest BCUT2D eigenvalue weighted by atomic mass is 35.5. The maximum Gasteiger partial charge on any atom is 0.252 e. The summed E-state index contributed by atoms with van der Waals surface area (Å²) < 4.78 is 30.1. The predicted octanol–water partition coefficient (Wildman–Crippen LogP) is 3.47. The number of nitrogens with zero attached hydrogens (tertiary/aromatic N) is 3. The molecule has 1 aliphatic rings. The summed E-state index contributed by atoms with van der Waals surface area (Å²) in [5, 5.41) is 4.25. The normalized spacial score (nSPS) is 18.2. The van der Waals surface area contributed by atoms with Crippen molar-refractivity contribution in [2.45, 2.75) is 16.7 Å². The first-order valence-electron chi connectivity index (χ1n) is 7.77. The van der Waals surface area contributed by atoms with E-state index in [1.165, 1.54) is 4.31 Å². The fourth-order valence-corrected chi connectivity index (χ4v) is 6.30. The molecule has 1 atom stereocenters. The molecule has 0 fully saturated rings. The number of rotatable bonds is 3. The van der Waals surface area contributed by atoms with E-state index in [9.17, 15) is 8.42 Å². The molecule has 0 saturated heterocycles. The van der Waals surface area contributed by atoms with Gasteiger partial charge < -0.3 is 0 Å². The Morgan fingerprint density at radius 3 is 2.72 bits per heavy atom. The largest absolute Gasteiger partial charge is 0.276 e. The highest BCUT2D eigenvalue weighted by molar-refractivity contribution is 7.91. The van der Waals surface area contributed by atoms with E-state index in [4.69, 9.17) is 11.6 Å². The van der Waals surface area contributed by atoms with Gasteiger partial charge in [-0.2, -0.15) is 9.40 Å². The van der Waals surface area contributed by atoms with Crippen LogP contribution in [0.3, 0.4) is 0 Å². The van der Waals surface area contributed by atoms with E-state index in [1.807, 2.05) is 31.4 Å². The molecule has 130 valence electrons. The highest BCUT2D eigenvalue weighted by Crippen LogP contribution is 2.37. The Balaban J connectivity index is 1.77. The molecule has 3 aromatic rings. The molecule has 0 radical (unpaired) electrons. The Morgan fingerprint density at radius 2 is 2.04 bits per heavy atom. The zero-order valence-corrected chi connectivity index (χ0v) is 15.9. The zero-order valence-electron chi connectivity index (χ0n) is 13.5. The van der Waals surface area contributed by atoms with Gasteiger partial charge in [0.1, 0.15) is 4.21 Å². The third-order valence-corrected chi connectivity index (χ3v) is 7.94. The fourth-order valence-electron chi connectivity index (χ4n) is 3.23. The lowest BCUT2D eigenvalue weighted by molar-refractivity contribution is 0.372. The summed E-state index contributed by atoms with van der Waals surface area (Å²) in [6.07, 6.45) is 3.75. The van der Waals surface area contributed by atoms with Gasteiger partial charge >= 0.3 is 0 Å². The molecule has 1 aliphatic heterocycles. The van der Waals surface area contributed by atoms with Crippen molar-refractivity contribution in [2.24, 2.45) is 7.05 Å². The molecule has 0 saturated carbocycles. The number of hydrogen-bond acceptors (Lipinski definition) is 4. The van der Waals surface area contributed by atoms with Gasteiger partial charge in [0.2, 0.25) is 0 Å². The van der Waals surface area contributed by atoms with Gasteiger partial charge in [-0.05, 0) is 28.8 Å². The van der Waals surface area contributed by atoms with E-state index in [0.29, 0.717) is 17.4 Å². The minimum absolute atomic E-state index is 0.0381. The topological polar surface area (TPSA) is 55.2 Å².